The highest BCUT2D eigenvalue weighted by atomic mass is 16.5. The van der Waals surface area contributed by atoms with Crippen molar-refractivity contribution in [1.29, 1.82) is 0 Å². The van der Waals surface area contributed by atoms with Gasteiger partial charge < -0.3 is 10.1 Å². The van der Waals surface area contributed by atoms with Gasteiger partial charge in [0.15, 0.2) is 0 Å². The summed E-state index contributed by atoms with van der Waals surface area (Å²) in [6.07, 6.45) is 2.45. The van der Waals surface area contributed by atoms with Crippen molar-refractivity contribution in [3.8, 4) is 5.75 Å². The second-order valence-electron chi connectivity index (χ2n) is 5.88. The summed E-state index contributed by atoms with van der Waals surface area (Å²) in [6.45, 7) is 1.39. The number of carbonyl (C=O) groups is 1. The molecule has 6 heteroatoms. The maximum absolute atomic E-state index is 12.3. The monoisotopic (exact) mass is 351 g/mol. The second-order valence-corrected chi connectivity index (χ2v) is 5.88. The number of amides is 1. The summed E-state index contributed by atoms with van der Waals surface area (Å²) >= 11 is 0. The summed E-state index contributed by atoms with van der Waals surface area (Å²) in [6, 6.07) is 16.8. The second kappa shape index (κ2) is 8.80. The average Bonchev–Trinajstić information content (AvgIpc) is 2.68. The molecular weight excluding hydrogens is 330 g/mol. The molecule has 0 spiro atoms. The van der Waals surface area contributed by atoms with Gasteiger partial charge in [-0.2, -0.15) is 0 Å². The van der Waals surface area contributed by atoms with Crippen LogP contribution in [0, 0.1) is 0 Å². The molecule has 1 heterocycles. The quantitative estimate of drug-likeness (QED) is 0.633. The molecule has 0 aliphatic heterocycles. The molecule has 26 heavy (non-hydrogen) atoms. The molecule has 3 rings (SSSR count). The lowest BCUT2D eigenvalue weighted by atomic mass is 10.2. The van der Waals surface area contributed by atoms with Crippen molar-refractivity contribution in [1.82, 2.24) is 14.9 Å². The fourth-order valence-electron chi connectivity index (χ4n) is 2.58. The Morgan fingerprint density at radius 2 is 1.85 bits per heavy atom. The van der Waals surface area contributed by atoms with Gasteiger partial charge in [0.1, 0.15) is 5.75 Å². The Morgan fingerprint density at radius 3 is 2.69 bits per heavy atom. The summed E-state index contributed by atoms with van der Waals surface area (Å²) in [7, 11) is 0. The van der Waals surface area contributed by atoms with Crippen molar-refractivity contribution in [3.05, 3.63) is 71.3 Å². The molecule has 134 valence electrons. The highest BCUT2D eigenvalue weighted by Gasteiger charge is 2.06. The van der Waals surface area contributed by atoms with Crippen molar-refractivity contribution >= 4 is 16.8 Å². The van der Waals surface area contributed by atoms with E-state index >= 15 is 0 Å². The molecule has 2 aromatic carbocycles. The number of aryl methyl sites for hydroxylation is 1. The van der Waals surface area contributed by atoms with Crippen molar-refractivity contribution in [2.45, 2.75) is 19.4 Å². The highest BCUT2D eigenvalue weighted by molar-refractivity contribution is 5.77. The first kappa shape index (κ1) is 17.7. The first-order chi connectivity index (χ1) is 12.7. The van der Waals surface area contributed by atoms with Crippen LogP contribution in [-0.2, 0) is 11.3 Å². The van der Waals surface area contributed by atoms with E-state index in [1.54, 1.807) is 18.2 Å². The van der Waals surface area contributed by atoms with E-state index in [9.17, 15) is 9.59 Å². The van der Waals surface area contributed by atoms with Gasteiger partial charge in [0.2, 0.25) is 5.91 Å². The van der Waals surface area contributed by atoms with Gasteiger partial charge in [-0.3, -0.25) is 14.2 Å². The molecule has 3 aromatic rings. The molecule has 0 unspecified atom stereocenters. The van der Waals surface area contributed by atoms with Crippen molar-refractivity contribution in [3.63, 3.8) is 0 Å². The van der Waals surface area contributed by atoms with Crippen molar-refractivity contribution in [2.75, 3.05) is 13.2 Å². The van der Waals surface area contributed by atoms with Gasteiger partial charge >= 0.3 is 0 Å². The topological polar surface area (TPSA) is 73.2 Å². The van der Waals surface area contributed by atoms with Crippen LogP contribution in [0.2, 0.25) is 0 Å². The largest absolute Gasteiger partial charge is 0.494 e. The number of carbonyl (C=O) groups excluding carboxylic acids is 1. The van der Waals surface area contributed by atoms with Crippen LogP contribution in [0.5, 0.6) is 5.75 Å². The third kappa shape index (κ3) is 4.69. The number of aromatic nitrogens is 2. The zero-order chi connectivity index (χ0) is 18.2. The van der Waals surface area contributed by atoms with Gasteiger partial charge in [-0.25, -0.2) is 4.98 Å². The van der Waals surface area contributed by atoms with Crippen molar-refractivity contribution < 1.29 is 9.53 Å². The molecule has 1 aromatic heterocycles. The Morgan fingerprint density at radius 1 is 1.08 bits per heavy atom. The molecular formula is C20H21N3O3. The standard InChI is InChI=1S/C20H21N3O3/c24-19(21-12-6-14-26-16-7-2-1-3-8-16)11-13-23-15-22-18-10-5-4-9-17(18)20(23)25/h1-5,7-10,15H,6,11-14H2,(H,21,24). The number of hydrogen-bond acceptors (Lipinski definition) is 4. The molecule has 0 aliphatic rings. The Bertz CT molecular complexity index is 922. The fraction of sp³-hybridized carbons (Fsp3) is 0.250. The Kier molecular flexibility index (Phi) is 5.98. The molecule has 6 nitrogen and oxygen atoms in total. The first-order valence-electron chi connectivity index (χ1n) is 8.63. The molecule has 0 saturated carbocycles. The van der Waals surface area contributed by atoms with Crippen LogP contribution in [0.1, 0.15) is 12.8 Å². The van der Waals surface area contributed by atoms with Crippen LogP contribution in [0.15, 0.2) is 65.7 Å². The summed E-state index contributed by atoms with van der Waals surface area (Å²) in [4.78, 5) is 28.5. The molecule has 0 saturated heterocycles. The highest BCUT2D eigenvalue weighted by Crippen LogP contribution is 2.08. The predicted octanol–water partition coefficient (Wildman–Crippen LogP) is 2.37. The van der Waals surface area contributed by atoms with E-state index in [1.165, 1.54) is 10.9 Å². The predicted molar refractivity (Wildman–Crippen MR) is 100 cm³/mol. The number of nitrogens with one attached hydrogen (secondary N) is 1. The normalized spacial score (nSPS) is 10.6. The number of hydrogen-bond donors (Lipinski definition) is 1. The van der Waals surface area contributed by atoms with Crippen LogP contribution < -0.4 is 15.6 Å². The molecule has 1 N–H and O–H groups in total. The lowest BCUT2D eigenvalue weighted by Gasteiger charge is -2.08. The summed E-state index contributed by atoms with van der Waals surface area (Å²) in [5.74, 6) is 0.728. The number of fused-ring (bicyclic) bond motifs is 1. The third-order valence-electron chi connectivity index (χ3n) is 3.97. The van der Waals surface area contributed by atoms with E-state index in [2.05, 4.69) is 10.3 Å². The zero-order valence-corrected chi connectivity index (χ0v) is 14.4. The van der Waals surface area contributed by atoms with E-state index < -0.39 is 0 Å². The van der Waals surface area contributed by atoms with Crippen molar-refractivity contribution in [2.24, 2.45) is 0 Å². The fourth-order valence-corrected chi connectivity index (χ4v) is 2.58. The Balaban J connectivity index is 1.40. The van der Waals surface area contributed by atoms with Gasteiger partial charge in [0.05, 0.1) is 23.8 Å². The Hall–Kier alpha value is -3.15. The number of para-hydroxylation sites is 2. The summed E-state index contributed by atoms with van der Waals surface area (Å²) in [5.41, 5.74) is 0.538. The van der Waals surface area contributed by atoms with Gasteiger partial charge in [0, 0.05) is 19.5 Å². The number of benzene rings is 2. The third-order valence-corrected chi connectivity index (χ3v) is 3.97. The number of rotatable bonds is 8. The SMILES string of the molecule is O=C(CCn1cnc2ccccc2c1=O)NCCCOc1ccccc1. The minimum Gasteiger partial charge on any atom is -0.494 e. The smallest absolute Gasteiger partial charge is 0.261 e. The summed E-state index contributed by atoms with van der Waals surface area (Å²) < 4.78 is 7.04. The Labute approximate surface area is 151 Å². The molecule has 0 fully saturated rings. The van der Waals surface area contributed by atoms with Crippen LogP contribution in [0.25, 0.3) is 10.9 Å². The van der Waals surface area contributed by atoms with Gasteiger partial charge in [-0.05, 0) is 30.7 Å². The maximum Gasteiger partial charge on any atom is 0.261 e. The van der Waals surface area contributed by atoms with E-state index in [-0.39, 0.29) is 17.9 Å². The molecule has 0 atom stereocenters. The lowest BCUT2D eigenvalue weighted by Crippen LogP contribution is -2.28. The lowest BCUT2D eigenvalue weighted by molar-refractivity contribution is -0.121. The van der Waals surface area contributed by atoms with Crippen LogP contribution in [0.3, 0.4) is 0 Å². The maximum atomic E-state index is 12.3. The summed E-state index contributed by atoms with van der Waals surface area (Å²) in [5, 5.41) is 3.40. The van der Waals surface area contributed by atoms with Crippen LogP contribution in [-0.4, -0.2) is 28.6 Å². The first-order valence-corrected chi connectivity index (χ1v) is 8.63. The van der Waals surface area contributed by atoms with Crippen LogP contribution >= 0.6 is 0 Å². The van der Waals surface area contributed by atoms with E-state index in [1.807, 2.05) is 36.4 Å². The zero-order valence-electron chi connectivity index (χ0n) is 14.4. The van der Waals surface area contributed by atoms with E-state index in [0.29, 0.717) is 30.6 Å². The van der Waals surface area contributed by atoms with E-state index in [4.69, 9.17) is 4.74 Å². The minimum absolute atomic E-state index is 0.0928. The average molecular weight is 351 g/mol. The molecule has 0 radical (unpaired) electrons. The number of ether oxygens (including phenoxy) is 1. The number of nitrogens with zero attached hydrogens (tertiary/aromatic N) is 2. The van der Waals surface area contributed by atoms with E-state index in [0.717, 1.165) is 12.2 Å². The molecule has 0 aliphatic carbocycles. The van der Waals surface area contributed by atoms with Gasteiger partial charge in [-0.15, -0.1) is 0 Å². The van der Waals surface area contributed by atoms with Crippen LogP contribution in [0.4, 0.5) is 0 Å². The molecule has 1 amide bonds. The van der Waals surface area contributed by atoms with Gasteiger partial charge in [0.25, 0.3) is 5.56 Å². The van der Waals surface area contributed by atoms with Gasteiger partial charge in [-0.1, -0.05) is 30.3 Å². The molecule has 0 bridgehead atoms. The minimum atomic E-state index is -0.125.